The van der Waals surface area contributed by atoms with E-state index in [1.807, 2.05) is 12.1 Å². The number of nitrogens with zero attached hydrogens (tertiary/aromatic N) is 3. The van der Waals surface area contributed by atoms with Crippen molar-refractivity contribution in [2.45, 2.75) is 0 Å². The summed E-state index contributed by atoms with van der Waals surface area (Å²) in [7, 11) is 0. The molecule has 3 rings (SSSR count). The summed E-state index contributed by atoms with van der Waals surface area (Å²) < 4.78 is 1.39. The number of benzene rings is 2. The summed E-state index contributed by atoms with van der Waals surface area (Å²) in [5.74, 6) is -0.293. The zero-order valence-electron chi connectivity index (χ0n) is 12.4. The van der Waals surface area contributed by atoms with E-state index in [1.165, 1.54) is 23.4 Å². The van der Waals surface area contributed by atoms with Gasteiger partial charge in [-0.1, -0.05) is 35.3 Å². The maximum Gasteiger partial charge on any atom is 0.212 e. The number of anilines is 1. The Bertz CT molecular complexity index is 903. The molecule has 0 atom stereocenters. The fraction of sp³-hybridized carbons (Fsp3) is 0. The van der Waals surface area contributed by atoms with Gasteiger partial charge in [0.15, 0.2) is 0 Å². The van der Waals surface area contributed by atoms with Gasteiger partial charge in [-0.15, -0.1) is 0 Å². The monoisotopic (exact) mass is 358 g/mol. The molecule has 0 saturated heterocycles. The first-order valence-corrected chi connectivity index (χ1v) is 7.72. The van der Waals surface area contributed by atoms with Crippen LogP contribution in [0.5, 0.6) is 0 Å². The first kappa shape index (κ1) is 16.2. The number of hydrogen-bond acceptors (Lipinski definition) is 4. The van der Waals surface area contributed by atoms with E-state index >= 15 is 0 Å². The average Bonchev–Trinajstić information content (AvgIpc) is 3.08. The van der Waals surface area contributed by atoms with Gasteiger partial charge < -0.3 is 5.73 Å². The number of Topliss-reactive ketones (excluding diaryl/α,β-unsaturated/α-hetero) is 1. The minimum atomic E-state index is -0.293. The first-order chi connectivity index (χ1) is 11.5. The van der Waals surface area contributed by atoms with Gasteiger partial charge in [0.25, 0.3) is 0 Å². The highest BCUT2D eigenvalue weighted by molar-refractivity contribution is 6.40. The fourth-order valence-electron chi connectivity index (χ4n) is 2.13. The van der Waals surface area contributed by atoms with Crippen molar-refractivity contribution in [3.05, 3.63) is 76.3 Å². The lowest BCUT2D eigenvalue weighted by Crippen LogP contribution is -2.10. The van der Waals surface area contributed by atoms with Crippen LogP contribution in [-0.4, -0.2) is 20.5 Å². The topological polar surface area (TPSA) is 73.8 Å². The maximum atomic E-state index is 12.9. The number of aromatic nitrogens is 3. The number of ketones is 1. The number of halogens is 2. The van der Waals surface area contributed by atoms with Crippen LogP contribution in [0.15, 0.2) is 55.1 Å². The molecule has 0 fully saturated rings. The average molecular weight is 359 g/mol. The third kappa shape index (κ3) is 3.48. The van der Waals surface area contributed by atoms with Crippen LogP contribution >= 0.6 is 23.2 Å². The second-order valence-corrected chi connectivity index (χ2v) is 5.83. The van der Waals surface area contributed by atoms with Crippen LogP contribution in [0.2, 0.25) is 10.0 Å². The minimum absolute atomic E-state index is 0.274. The Labute approximate surface area is 148 Å². The molecule has 2 aromatic carbocycles. The lowest BCUT2D eigenvalue weighted by molar-refractivity contribution is 0.105. The van der Waals surface area contributed by atoms with Gasteiger partial charge >= 0.3 is 0 Å². The van der Waals surface area contributed by atoms with Gasteiger partial charge in [0.1, 0.15) is 18.4 Å². The highest BCUT2D eigenvalue weighted by Crippen LogP contribution is 2.25. The summed E-state index contributed by atoms with van der Waals surface area (Å²) in [5.41, 5.74) is 7.77. The Balaban J connectivity index is 2.08. The van der Waals surface area contributed by atoms with Crippen LogP contribution in [-0.2, 0) is 0 Å². The van der Waals surface area contributed by atoms with E-state index in [0.717, 1.165) is 5.56 Å². The second kappa shape index (κ2) is 6.86. The largest absolute Gasteiger partial charge is 0.399 e. The van der Waals surface area contributed by atoms with Gasteiger partial charge in [0, 0.05) is 16.3 Å². The van der Waals surface area contributed by atoms with Crippen LogP contribution in [0, 0.1) is 0 Å². The van der Waals surface area contributed by atoms with E-state index < -0.39 is 0 Å². The molecule has 120 valence electrons. The molecule has 0 amide bonds. The molecule has 2 N–H and O–H groups in total. The number of rotatable bonds is 4. The Morgan fingerprint density at radius 2 is 1.88 bits per heavy atom. The van der Waals surface area contributed by atoms with E-state index in [9.17, 15) is 4.79 Å². The third-order valence-electron chi connectivity index (χ3n) is 3.31. The summed E-state index contributed by atoms with van der Waals surface area (Å²) in [5, 5.41) is 4.78. The second-order valence-electron chi connectivity index (χ2n) is 4.99. The quantitative estimate of drug-likeness (QED) is 0.433. The number of carbonyl (C=O) groups is 1. The van der Waals surface area contributed by atoms with E-state index in [2.05, 4.69) is 10.1 Å². The zero-order chi connectivity index (χ0) is 17.1. The molecule has 24 heavy (non-hydrogen) atoms. The molecule has 7 heteroatoms. The lowest BCUT2D eigenvalue weighted by Gasteiger charge is -2.09. The van der Waals surface area contributed by atoms with Crippen molar-refractivity contribution >= 4 is 46.4 Å². The van der Waals surface area contributed by atoms with Crippen molar-refractivity contribution < 1.29 is 4.79 Å². The standard InChI is InChI=1S/C17H12Cl2N4O/c18-12-3-6-14(15(19)8-12)17(24)16(23-10-21-9-22-23)7-11-1-4-13(20)5-2-11/h1-10H,20H2/b16-7-. The van der Waals surface area contributed by atoms with Crippen molar-refractivity contribution in [1.82, 2.24) is 14.8 Å². The predicted molar refractivity (Wildman–Crippen MR) is 95.8 cm³/mol. The van der Waals surface area contributed by atoms with Crippen molar-refractivity contribution in [3.63, 3.8) is 0 Å². The van der Waals surface area contributed by atoms with Crippen molar-refractivity contribution in [2.75, 3.05) is 5.73 Å². The molecule has 3 aromatic rings. The van der Waals surface area contributed by atoms with Crippen molar-refractivity contribution in [3.8, 4) is 0 Å². The van der Waals surface area contributed by atoms with Crippen molar-refractivity contribution in [2.24, 2.45) is 0 Å². The van der Waals surface area contributed by atoms with Gasteiger partial charge in [-0.2, -0.15) is 5.10 Å². The number of nitrogens with two attached hydrogens (primary N) is 1. The van der Waals surface area contributed by atoms with Gasteiger partial charge in [-0.05, 0) is 42.0 Å². The SMILES string of the molecule is Nc1ccc(/C=C(/C(=O)c2ccc(Cl)cc2Cl)n2cncn2)cc1. The molecule has 0 spiro atoms. The summed E-state index contributed by atoms with van der Waals surface area (Å²) in [6.45, 7) is 0. The van der Waals surface area contributed by atoms with Gasteiger partial charge in [0.05, 0.1) is 5.02 Å². The lowest BCUT2D eigenvalue weighted by atomic mass is 10.1. The predicted octanol–water partition coefficient (Wildman–Crippen LogP) is 4.05. The summed E-state index contributed by atoms with van der Waals surface area (Å²) >= 11 is 12.1. The molecule has 0 saturated carbocycles. The van der Waals surface area contributed by atoms with E-state index in [4.69, 9.17) is 28.9 Å². The smallest absolute Gasteiger partial charge is 0.212 e. The summed E-state index contributed by atoms with van der Waals surface area (Å²) in [6, 6.07) is 11.9. The zero-order valence-corrected chi connectivity index (χ0v) is 13.9. The van der Waals surface area contributed by atoms with Crippen LogP contribution in [0.25, 0.3) is 11.8 Å². The molecule has 0 aliphatic heterocycles. The van der Waals surface area contributed by atoms with Gasteiger partial charge in [-0.3, -0.25) is 4.79 Å². The Morgan fingerprint density at radius 1 is 1.12 bits per heavy atom. The van der Waals surface area contributed by atoms with Crippen LogP contribution in [0.1, 0.15) is 15.9 Å². The minimum Gasteiger partial charge on any atom is -0.399 e. The van der Waals surface area contributed by atoms with Gasteiger partial charge in [0.2, 0.25) is 5.78 Å². The number of nitrogen functional groups attached to an aromatic ring is 1. The molecular weight excluding hydrogens is 347 g/mol. The Kier molecular flexibility index (Phi) is 4.64. The van der Waals surface area contributed by atoms with Crippen LogP contribution in [0.4, 0.5) is 5.69 Å². The normalized spacial score (nSPS) is 11.5. The molecule has 0 bridgehead atoms. The molecular formula is C17H12Cl2N4O. The van der Waals surface area contributed by atoms with Gasteiger partial charge in [-0.25, -0.2) is 9.67 Å². The number of carbonyl (C=O) groups excluding carboxylic acids is 1. The highest BCUT2D eigenvalue weighted by Gasteiger charge is 2.18. The fourth-order valence-corrected chi connectivity index (χ4v) is 2.62. The van der Waals surface area contributed by atoms with E-state index in [-0.39, 0.29) is 10.8 Å². The highest BCUT2D eigenvalue weighted by atomic mass is 35.5. The summed E-state index contributed by atoms with van der Waals surface area (Å²) in [6.07, 6.45) is 4.50. The molecule has 0 aliphatic carbocycles. The Morgan fingerprint density at radius 3 is 2.50 bits per heavy atom. The third-order valence-corrected chi connectivity index (χ3v) is 3.86. The maximum absolute atomic E-state index is 12.9. The molecule has 0 unspecified atom stereocenters. The van der Waals surface area contributed by atoms with Crippen LogP contribution in [0.3, 0.4) is 0 Å². The number of allylic oxidation sites excluding steroid dienone is 1. The van der Waals surface area contributed by atoms with Crippen molar-refractivity contribution in [1.29, 1.82) is 0 Å². The van der Waals surface area contributed by atoms with E-state index in [0.29, 0.717) is 22.0 Å². The number of hydrogen-bond donors (Lipinski definition) is 1. The first-order valence-electron chi connectivity index (χ1n) is 6.96. The molecule has 1 aromatic heterocycles. The Hall–Kier alpha value is -2.63. The molecule has 1 heterocycles. The molecule has 5 nitrogen and oxygen atoms in total. The van der Waals surface area contributed by atoms with Crippen LogP contribution < -0.4 is 5.73 Å². The molecule has 0 radical (unpaired) electrons. The van der Waals surface area contributed by atoms with E-state index in [1.54, 1.807) is 30.3 Å². The summed E-state index contributed by atoms with van der Waals surface area (Å²) in [4.78, 5) is 16.8. The molecule has 0 aliphatic rings.